The normalized spacial score (nSPS) is 20.0. The molecule has 6 nitrogen and oxygen atoms in total. The zero-order valence-corrected chi connectivity index (χ0v) is 15.7. The zero-order valence-electron chi connectivity index (χ0n) is 15.7. The summed E-state index contributed by atoms with van der Waals surface area (Å²) < 4.78 is 15.8. The number of aromatic nitrogens is 4. The first-order chi connectivity index (χ1) is 13.7. The van der Waals surface area contributed by atoms with Crippen molar-refractivity contribution in [1.29, 1.82) is 0 Å². The molecule has 3 aromatic rings. The molecule has 5 heterocycles. The van der Waals surface area contributed by atoms with Crippen molar-refractivity contribution >= 4 is 17.2 Å². The first-order valence-corrected chi connectivity index (χ1v) is 9.89. The highest BCUT2D eigenvalue weighted by Gasteiger charge is 2.30. The Hall–Kier alpha value is -2.96. The topological polar surface area (TPSA) is 58.4 Å². The van der Waals surface area contributed by atoms with E-state index in [1.165, 1.54) is 6.20 Å². The van der Waals surface area contributed by atoms with E-state index in [0.29, 0.717) is 0 Å². The van der Waals surface area contributed by atoms with Crippen molar-refractivity contribution in [2.45, 2.75) is 38.1 Å². The molecular formula is C21H23FN6. The van der Waals surface area contributed by atoms with E-state index in [0.717, 1.165) is 79.2 Å². The molecule has 2 aliphatic heterocycles. The van der Waals surface area contributed by atoms with Gasteiger partial charge in [-0.1, -0.05) is 6.58 Å². The fraction of sp³-hybridized carbons (Fsp3) is 0.381. The van der Waals surface area contributed by atoms with E-state index in [1.54, 1.807) is 10.6 Å². The molecule has 1 atom stereocenters. The van der Waals surface area contributed by atoms with E-state index in [9.17, 15) is 4.39 Å². The van der Waals surface area contributed by atoms with Crippen molar-refractivity contribution in [3.05, 3.63) is 59.9 Å². The van der Waals surface area contributed by atoms with Gasteiger partial charge in [0.05, 0.1) is 24.0 Å². The molecule has 1 fully saturated rings. The van der Waals surface area contributed by atoms with Gasteiger partial charge in [0.2, 0.25) is 0 Å². The van der Waals surface area contributed by atoms with E-state index >= 15 is 0 Å². The number of aryl methyl sites for hydroxylation is 1. The van der Waals surface area contributed by atoms with Crippen molar-refractivity contribution in [3.63, 3.8) is 0 Å². The van der Waals surface area contributed by atoms with Crippen LogP contribution in [0, 0.1) is 5.82 Å². The summed E-state index contributed by atoms with van der Waals surface area (Å²) in [5, 5.41) is 7.80. The lowest BCUT2D eigenvalue weighted by molar-refractivity contribution is 0.599. The molecule has 0 radical (unpaired) electrons. The molecule has 1 saturated heterocycles. The smallest absolute Gasteiger partial charge is 0.166 e. The first kappa shape index (κ1) is 17.2. The van der Waals surface area contributed by atoms with Crippen molar-refractivity contribution in [2.24, 2.45) is 0 Å². The van der Waals surface area contributed by atoms with Gasteiger partial charge in [-0.15, -0.1) is 0 Å². The molecule has 7 heteroatoms. The third-order valence-corrected chi connectivity index (χ3v) is 5.73. The van der Waals surface area contributed by atoms with E-state index in [4.69, 9.17) is 4.98 Å². The van der Waals surface area contributed by atoms with E-state index in [2.05, 4.69) is 26.9 Å². The van der Waals surface area contributed by atoms with Gasteiger partial charge in [-0.2, -0.15) is 5.10 Å². The Morgan fingerprint density at radius 1 is 1.21 bits per heavy atom. The van der Waals surface area contributed by atoms with Gasteiger partial charge in [0.1, 0.15) is 11.6 Å². The fourth-order valence-corrected chi connectivity index (χ4v) is 4.33. The van der Waals surface area contributed by atoms with Gasteiger partial charge in [0, 0.05) is 30.7 Å². The number of hydrogen-bond donors (Lipinski definition) is 1. The number of fused-ring (bicyclic) bond motifs is 5. The van der Waals surface area contributed by atoms with Gasteiger partial charge in [-0.3, -0.25) is 4.98 Å². The minimum atomic E-state index is -0.272. The Balaban J connectivity index is 1.65. The van der Waals surface area contributed by atoms with Crippen LogP contribution >= 0.6 is 0 Å². The molecule has 0 aliphatic carbocycles. The van der Waals surface area contributed by atoms with Crippen LogP contribution in [-0.2, 0) is 6.42 Å². The molecule has 28 heavy (non-hydrogen) atoms. The third kappa shape index (κ3) is 2.91. The molecule has 5 rings (SSSR count). The standard InChI is InChI=1S/C21H23FN6/c1-14-17-13-25-28-10-7-20(26-21(17)28)27-9-4-6-19(27)16-11-15(22)12-24-18(16)5-2-3-8-23-14/h7,10-13,19,23H,1-6,8-9H2/t19-/m1/s1. The first-order valence-electron chi connectivity index (χ1n) is 9.89. The van der Waals surface area contributed by atoms with Crippen LogP contribution in [0.4, 0.5) is 10.2 Å². The predicted molar refractivity (Wildman–Crippen MR) is 106 cm³/mol. The van der Waals surface area contributed by atoms with Crippen LogP contribution in [-0.4, -0.2) is 32.7 Å². The molecular weight excluding hydrogens is 355 g/mol. The molecule has 2 aliphatic rings. The van der Waals surface area contributed by atoms with Gasteiger partial charge in [-0.05, 0) is 49.8 Å². The monoisotopic (exact) mass is 378 g/mol. The predicted octanol–water partition coefficient (Wildman–Crippen LogP) is 3.50. The molecule has 0 spiro atoms. The third-order valence-electron chi connectivity index (χ3n) is 5.73. The molecule has 0 saturated carbocycles. The Morgan fingerprint density at radius 3 is 3.07 bits per heavy atom. The Bertz CT molecular complexity index is 1040. The summed E-state index contributed by atoms with van der Waals surface area (Å²) in [5.74, 6) is 0.614. The van der Waals surface area contributed by atoms with Crippen LogP contribution in [0.1, 0.15) is 48.5 Å². The van der Waals surface area contributed by atoms with E-state index < -0.39 is 0 Å². The molecule has 0 aromatic carbocycles. The number of nitrogens with zero attached hydrogens (tertiary/aromatic N) is 5. The summed E-state index contributed by atoms with van der Waals surface area (Å²) in [6, 6.07) is 3.75. The van der Waals surface area contributed by atoms with Crippen LogP contribution < -0.4 is 10.2 Å². The number of hydrogen-bond acceptors (Lipinski definition) is 5. The van der Waals surface area contributed by atoms with Crippen LogP contribution in [0.15, 0.2) is 37.3 Å². The summed E-state index contributed by atoms with van der Waals surface area (Å²) in [5.41, 5.74) is 4.55. The van der Waals surface area contributed by atoms with Crippen LogP contribution in [0.3, 0.4) is 0 Å². The van der Waals surface area contributed by atoms with Gasteiger partial charge in [0.25, 0.3) is 0 Å². The molecule has 2 bridgehead atoms. The lowest BCUT2D eigenvalue weighted by Gasteiger charge is -2.27. The largest absolute Gasteiger partial charge is 0.385 e. The number of rotatable bonds is 0. The Kier molecular flexibility index (Phi) is 4.22. The second-order valence-electron chi connectivity index (χ2n) is 7.52. The Labute approximate surface area is 163 Å². The summed E-state index contributed by atoms with van der Waals surface area (Å²) in [4.78, 5) is 11.6. The van der Waals surface area contributed by atoms with E-state index in [-0.39, 0.29) is 11.9 Å². The van der Waals surface area contributed by atoms with Crippen LogP contribution in [0.5, 0.6) is 0 Å². The SMILES string of the molecule is C=C1NCCCCc2ncc(F)cc2[C@H]2CCCN2c2ccn3ncc1c3n2. The van der Waals surface area contributed by atoms with Gasteiger partial charge >= 0.3 is 0 Å². The lowest BCUT2D eigenvalue weighted by Crippen LogP contribution is -2.25. The summed E-state index contributed by atoms with van der Waals surface area (Å²) in [6.45, 7) is 5.89. The molecule has 144 valence electrons. The van der Waals surface area contributed by atoms with Gasteiger partial charge < -0.3 is 10.2 Å². The van der Waals surface area contributed by atoms with Crippen molar-refractivity contribution in [1.82, 2.24) is 24.9 Å². The quantitative estimate of drug-likeness (QED) is 0.649. The summed E-state index contributed by atoms with van der Waals surface area (Å²) in [6.07, 6.45) is 9.93. The number of halogens is 1. The van der Waals surface area contributed by atoms with Gasteiger partial charge in [0.15, 0.2) is 5.65 Å². The number of anilines is 1. The Morgan fingerprint density at radius 2 is 2.14 bits per heavy atom. The average molecular weight is 378 g/mol. The lowest BCUT2D eigenvalue weighted by atomic mass is 9.99. The second-order valence-corrected chi connectivity index (χ2v) is 7.52. The highest BCUT2D eigenvalue weighted by Crippen LogP contribution is 2.37. The fourth-order valence-electron chi connectivity index (χ4n) is 4.33. The number of pyridine rings is 1. The average Bonchev–Trinajstić information content (AvgIpc) is 3.34. The van der Waals surface area contributed by atoms with Crippen LogP contribution in [0.2, 0.25) is 0 Å². The highest BCUT2D eigenvalue weighted by atomic mass is 19.1. The molecule has 0 unspecified atom stereocenters. The molecule has 1 N–H and O–H groups in total. The molecule has 0 amide bonds. The minimum absolute atomic E-state index is 0.101. The summed E-state index contributed by atoms with van der Waals surface area (Å²) in [7, 11) is 0. The maximum absolute atomic E-state index is 14.1. The van der Waals surface area contributed by atoms with E-state index in [1.807, 2.05) is 18.5 Å². The second kappa shape index (κ2) is 6.89. The molecule has 3 aromatic heterocycles. The minimum Gasteiger partial charge on any atom is -0.385 e. The van der Waals surface area contributed by atoms with Crippen molar-refractivity contribution in [2.75, 3.05) is 18.0 Å². The maximum Gasteiger partial charge on any atom is 0.166 e. The maximum atomic E-state index is 14.1. The zero-order chi connectivity index (χ0) is 19.1. The van der Waals surface area contributed by atoms with Crippen molar-refractivity contribution in [3.8, 4) is 0 Å². The summed E-state index contributed by atoms with van der Waals surface area (Å²) >= 11 is 0. The number of nitrogens with one attached hydrogen (secondary N) is 1. The van der Waals surface area contributed by atoms with Crippen LogP contribution in [0.25, 0.3) is 11.3 Å². The van der Waals surface area contributed by atoms with Gasteiger partial charge in [-0.25, -0.2) is 13.9 Å². The van der Waals surface area contributed by atoms with Crippen molar-refractivity contribution < 1.29 is 4.39 Å². The highest BCUT2D eigenvalue weighted by molar-refractivity contribution is 5.74.